The van der Waals surface area contributed by atoms with Gasteiger partial charge in [-0.2, -0.15) is 0 Å². The molecule has 0 fully saturated rings. The van der Waals surface area contributed by atoms with Crippen molar-refractivity contribution in [3.63, 3.8) is 0 Å². The van der Waals surface area contributed by atoms with Crippen molar-refractivity contribution in [2.45, 2.75) is 32.9 Å². The molecule has 3 N–H and O–H groups in total. The van der Waals surface area contributed by atoms with Crippen molar-refractivity contribution < 1.29 is 29.5 Å². The summed E-state index contributed by atoms with van der Waals surface area (Å²) in [6.07, 6.45) is 1.33. The molecule has 0 spiro atoms. The Morgan fingerprint density at radius 3 is 2.23 bits per heavy atom. The first-order valence-corrected chi connectivity index (χ1v) is 13.1. The van der Waals surface area contributed by atoms with Crippen LogP contribution in [0.5, 0.6) is 34.5 Å². The van der Waals surface area contributed by atoms with Crippen LogP contribution in [0.2, 0.25) is 0 Å². The van der Waals surface area contributed by atoms with Gasteiger partial charge in [-0.3, -0.25) is 4.79 Å². The fourth-order valence-corrected chi connectivity index (χ4v) is 5.98. The van der Waals surface area contributed by atoms with Gasteiger partial charge in [0.05, 0.1) is 32.5 Å². The molecule has 0 amide bonds. The molecule has 0 atom stereocenters. The van der Waals surface area contributed by atoms with Crippen molar-refractivity contribution in [2.75, 3.05) is 21.3 Å². The van der Waals surface area contributed by atoms with Gasteiger partial charge in [-0.15, -0.1) is 0 Å². The van der Waals surface area contributed by atoms with Crippen molar-refractivity contribution in [1.82, 2.24) is 9.13 Å². The summed E-state index contributed by atoms with van der Waals surface area (Å²) in [6, 6.07) is 12.0. The van der Waals surface area contributed by atoms with Gasteiger partial charge in [0.1, 0.15) is 5.52 Å². The first kappa shape index (κ1) is 25.5. The van der Waals surface area contributed by atoms with Gasteiger partial charge in [-0.05, 0) is 54.3 Å². The molecule has 0 saturated heterocycles. The molecule has 3 aromatic carbocycles. The normalized spacial score (nSPS) is 12.4. The number of aromatic nitrogens is 2. The number of nitrogens with zero attached hydrogens (tertiary/aromatic N) is 2. The topological polar surface area (TPSA) is 115 Å². The molecule has 3 heterocycles. The van der Waals surface area contributed by atoms with Crippen molar-refractivity contribution in [2.24, 2.45) is 0 Å². The number of hydrogen-bond acceptors (Lipinski definition) is 7. The minimum absolute atomic E-state index is 0.00243. The highest BCUT2D eigenvalue weighted by atomic mass is 16.5. The minimum Gasteiger partial charge on any atom is -0.504 e. The molecule has 1 aliphatic heterocycles. The first-order chi connectivity index (χ1) is 19.3. The lowest BCUT2D eigenvalue weighted by Gasteiger charge is -2.22. The first-order valence-electron chi connectivity index (χ1n) is 13.1. The molecular formula is C31H30N2O7. The molecule has 0 aliphatic carbocycles. The van der Waals surface area contributed by atoms with Crippen LogP contribution in [0.1, 0.15) is 18.9 Å². The standard InChI is InChI=1S/C31H30N2O7/c1-5-9-32-20-15-23(36)26(40-4)14-19(20)28-27(17-6-7-21(34)24(12-17)38-2)29-18-13-25(39-3)22(35)11-16(18)8-10-33(29)30(28)31(32)37/h6-7,11-15,34-36H,5,8-10H2,1-4H3. The highest BCUT2D eigenvalue weighted by molar-refractivity contribution is 6.17. The Morgan fingerprint density at radius 1 is 0.850 bits per heavy atom. The molecule has 40 heavy (non-hydrogen) atoms. The number of fused-ring (bicyclic) bond motifs is 7. The number of ether oxygens (including phenoxy) is 3. The summed E-state index contributed by atoms with van der Waals surface area (Å²) in [5.74, 6) is 0.907. The van der Waals surface area contributed by atoms with Crippen LogP contribution < -0.4 is 19.8 Å². The SMILES string of the molecule is CCCn1c(=O)c2c(c(-c3ccc(O)c(OC)c3)c3n2CCc2cc(O)c(OC)cc2-3)c2cc(OC)c(O)cc21. The smallest absolute Gasteiger partial charge is 0.275 e. The van der Waals surface area contributed by atoms with E-state index in [0.717, 1.165) is 39.8 Å². The third kappa shape index (κ3) is 3.57. The number of aryl methyl sites for hydroxylation is 3. The number of phenols is 3. The van der Waals surface area contributed by atoms with E-state index >= 15 is 0 Å². The highest BCUT2D eigenvalue weighted by Gasteiger charge is 2.31. The summed E-state index contributed by atoms with van der Waals surface area (Å²) < 4.78 is 20.1. The molecule has 0 unspecified atom stereocenters. The molecule has 9 heteroatoms. The maximum atomic E-state index is 14.3. The number of pyridine rings is 1. The molecule has 0 radical (unpaired) electrons. The fourth-order valence-electron chi connectivity index (χ4n) is 5.98. The zero-order valence-electron chi connectivity index (χ0n) is 22.7. The Labute approximate surface area is 230 Å². The van der Waals surface area contributed by atoms with E-state index in [4.69, 9.17) is 14.2 Å². The number of aromatic hydroxyl groups is 3. The van der Waals surface area contributed by atoms with E-state index in [1.165, 1.54) is 21.3 Å². The van der Waals surface area contributed by atoms with E-state index in [1.54, 1.807) is 47.0 Å². The molecule has 2 aromatic heterocycles. The molecule has 9 nitrogen and oxygen atoms in total. The molecule has 6 rings (SSSR count). The van der Waals surface area contributed by atoms with Crippen LogP contribution in [0.15, 0.2) is 47.3 Å². The summed E-state index contributed by atoms with van der Waals surface area (Å²) in [5, 5.41) is 33.1. The maximum absolute atomic E-state index is 14.3. The minimum atomic E-state index is -0.165. The fraction of sp³-hybridized carbons (Fsp3) is 0.258. The van der Waals surface area contributed by atoms with Gasteiger partial charge in [0.15, 0.2) is 34.5 Å². The van der Waals surface area contributed by atoms with Crippen LogP contribution in [-0.4, -0.2) is 45.8 Å². The number of phenolic OH excluding ortho intramolecular Hbond substituents is 3. The van der Waals surface area contributed by atoms with Crippen molar-refractivity contribution in [1.29, 1.82) is 0 Å². The second-order valence-corrected chi connectivity index (χ2v) is 9.91. The lowest BCUT2D eigenvalue weighted by molar-refractivity contribution is 0.373. The van der Waals surface area contributed by atoms with E-state index < -0.39 is 0 Å². The average molecular weight is 543 g/mol. The lowest BCUT2D eigenvalue weighted by Crippen LogP contribution is -2.24. The van der Waals surface area contributed by atoms with Gasteiger partial charge < -0.3 is 38.7 Å². The van der Waals surface area contributed by atoms with Crippen LogP contribution in [0.3, 0.4) is 0 Å². The van der Waals surface area contributed by atoms with Gasteiger partial charge in [-0.25, -0.2) is 0 Å². The molecule has 1 aliphatic rings. The maximum Gasteiger partial charge on any atom is 0.275 e. The van der Waals surface area contributed by atoms with E-state index in [0.29, 0.717) is 53.2 Å². The average Bonchev–Trinajstić information content (AvgIpc) is 3.30. The monoisotopic (exact) mass is 542 g/mol. The Kier molecular flexibility index (Phi) is 6.02. The number of benzene rings is 3. The second-order valence-electron chi connectivity index (χ2n) is 9.91. The van der Waals surface area contributed by atoms with Crippen LogP contribution in [0, 0.1) is 0 Å². The lowest BCUT2D eigenvalue weighted by atomic mass is 9.91. The molecule has 5 aromatic rings. The zero-order chi connectivity index (χ0) is 28.3. The number of methoxy groups -OCH3 is 3. The quantitative estimate of drug-likeness (QED) is 0.263. The summed E-state index contributed by atoms with van der Waals surface area (Å²) in [6.45, 7) is 2.99. The van der Waals surface area contributed by atoms with E-state index in [1.807, 2.05) is 11.5 Å². The summed E-state index contributed by atoms with van der Waals surface area (Å²) in [7, 11) is 4.48. The Balaban J connectivity index is 1.88. The van der Waals surface area contributed by atoms with E-state index in [-0.39, 0.29) is 22.8 Å². The van der Waals surface area contributed by atoms with Gasteiger partial charge in [0, 0.05) is 41.1 Å². The Bertz CT molecular complexity index is 1880. The predicted octanol–water partition coefficient (Wildman–Crippen LogP) is 5.40. The second kappa shape index (κ2) is 9.44. The predicted molar refractivity (Wildman–Crippen MR) is 153 cm³/mol. The molecular weight excluding hydrogens is 512 g/mol. The largest absolute Gasteiger partial charge is 0.504 e. The number of rotatable bonds is 6. The third-order valence-electron chi connectivity index (χ3n) is 7.75. The van der Waals surface area contributed by atoms with Crippen molar-refractivity contribution in [3.05, 3.63) is 58.4 Å². The molecule has 0 saturated carbocycles. The number of hydrogen-bond donors (Lipinski definition) is 3. The van der Waals surface area contributed by atoms with Crippen molar-refractivity contribution >= 4 is 21.8 Å². The molecule has 206 valence electrons. The van der Waals surface area contributed by atoms with Crippen LogP contribution in [0.25, 0.3) is 44.2 Å². The summed E-state index contributed by atoms with van der Waals surface area (Å²) in [4.78, 5) is 14.3. The van der Waals surface area contributed by atoms with Crippen molar-refractivity contribution in [3.8, 4) is 56.9 Å². The Morgan fingerprint density at radius 2 is 1.52 bits per heavy atom. The van der Waals surface area contributed by atoms with Gasteiger partial charge in [0.25, 0.3) is 5.56 Å². The third-order valence-corrected chi connectivity index (χ3v) is 7.75. The van der Waals surface area contributed by atoms with Gasteiger partial charge >= 0.3 is 0 Å². The van der Waals surface area contributed by atoms with E-state index in [9.17, 15) is 20.1 Å². The Hall–Kier alpha value is -4.79. The zero-order valence-corrected chi connectivity index (χ0v) is 22.7. The summed E-state index contributed by atoms with van der Waals surface area (Å²) >= 11 is 0. The van der Waals surface area contributed by atoms with Crippen LogP contribution >= 0.6 is 0 Å². The summed E-state index contributed by atoms with van der Waals surface area (Å²) in [5.41, 5.74) is 5.01. The highest BCUT2D eigenvalue weighted by Crippen LogP contribution is 2.49. The van der Waals surface area contributed by atoms with Crippen LogP contribution in [-0.2, 0) is 19.5 Å². The molecule has 0 bridgehead atoms. The van der Waals surface area contributed by atoms with Crippen LogP contribution in [0.4, 0.5) is 0 Å². The van der Waals surface area contributed by atoms with E-state index in [2.05, 4.69) is 0 Å². The van der Waals surface area contributed by atoms with Gasteiger partial charge in [0.2, 0.25) is 0 Å². The van der Waals surface area contributed by atoms with Gasteiger partial charge in [-0.1, -0.05) is 13.0 Å².